The minimum Gasteiger partial charge on any atom is -0.357 e. The van der Waals surface area contributed by atoms with Crippen molar-refractivity contribution in [3.8, 4) is 0 Å². The van der Waals surface area contributed by atoms with Crippen molar-refractivity contribution in [2.24, 2.45) is 4.99 Å². The monoisotopic (exact) mass is 492 g/mol. The van der Waals surface area contributed by atoms with Crippen LogP contribution in [0, 0.1) is 0 Å². The van der Waals surface area contributed by atoms with E-state index in [-0.39, 0.29) is 24.0 Å². The van der Waals surface area contributed by atoms with Crippen LogP contribution in [0.2, 0.25) is 0 Å². The lowest BCUT2D eigenvalue weighted by Gasteiger charge is -2.22. The van der Waals surface area contributed by atoms with Crippen LogP contribution < -0.4 is 5.32 Å². The Morgan fingerprint density at radius 2 is 1.85 bits per heavy atom. The number of guanidine groups is 1. The Hall–Kier alpha value is -1.84. The minimum atomic E-state index is -4.31. The first-order valence-electron chi connectivity index (χ1n) is 8.44. The highest BCUT2D eigenvalue weighted by molar-refractivity contribution is 14.0. The number of pyridine rings is 1. The molecule has 2 rings (SSSR count). The van der Waals surface area contributed by atoms with Crippen molar-refractivity contribution in [1.82, 2.24) is 15.2 Å². The van der Waals surface area contributed by atoms with E-state index in [1.165, 1.54) is 12.1 Å². The SMILES string of the molecule is CCNC(=NCCc1cccnc1)N(C)Cc1ccc(C(F)(F)F)cc1.I. The van der Waals surface area contributed by atoms with Crippen molar-refractivity contribution >= 4 is 29.9 Å². The Bertz CT molecular complexity index is 703. The van der Waals surface area contributed by atoms with Gasteiger partial charge in [-0.3, -0.25) is 9.98 Å². The van der Waals surface area contributed by atoms with Crippen LogP contribution >= 0.6 is 24.0 Å². The van der Waals surface area contributed by atoms with Crippen molar-refractivity contribution in [1.29, 1.82) is 0 Å². The first-order valence-corrected chi connectivity index (χ1v) is 8.44. The van der Waals surface area contributed by atoms with E-state index >= 15 is 0 Å². The van der Waals surface area contributed by atoms with E-state index in [2.05, 4.69) is 15.3 Å². The largest absolute Gasteiger partial charge is 0.416 e. The van der Waals surface area contributed by atoms with Gasteiger partial charge in [-0.2, -0.15) is 13.2 Å². The molecule has 0 bridgehead atoms. The molecule has 0 amide bonds. The van der Waals surface area contributed by atoms with Gasteiger partial charge in [0, 0.05) is 39.1 Å². The fraction of sp³-hybridized carbons (Fsp3) is 0.368. The first-order chi connectivity index (χ1) is 12.4. The molecule has 148 valence electrons. The van der Waals surface area contributed by atoms with Gasteiger partial charge in [0.05, 0.1) is 5.56 Å². The second kappa shape index (κ2) is 11.1. The van der Waals surface area contributed by atoms with E-state index in [0.717, 1.165) is 35.6 Å². The Morgan fingerprint density at radius 3 is 2.41 bits per heavy atom. The van der Waals surface area contributed by atoms with Gasteiger partial charge in [0.25, 0.3) is 0 Å². The topological polar surface area (TPSA) is 40.5 Å². The van der Waals surface area contributed by atoms with Gasteiger partial charge in [-0.1, -0.05) is 18.2 Å². The Morgan fingerprint density at radius 1 is 1.15 bits per heavy atom. The highest BCUT2D eigenvalue weighted by atomic mass is 127. The van der Waals surface area contributed by atoms with Crippen LogP contribution in [0.5, 0.6) is 0 Å². The third-order valence-corrected chi connectivity index (χ3v) is 3.78. The van der Waals surface area contributed by atoms with Gasteiger partial charge in [-0.15, -0.1) is 24.0 Å². The van der Waals surface area contributed by atoms with Crippen LogP contribution in [0.4, 0.5) is 13.2 Å². The van der Waals surface area contributed by atoms with Gasteiger partial charge in [-0.25, -0.2) is 0 Å². The molecule has 0 spiro atoms. The quantitative estimate of drug-likeness (QED) is 0.370. The van der Waals surface area contributed by atoms with Crippen LogP contribution in [0.15, 0.2) is 53.8 Å². The Labute approximate surface area is 174 Å². The van der Waals surface area contributed by atoms with E-state index in [9.17, 15) is 13.2 Å². The number of halogens is 4. The number of nitrogens with one attached hydrogen (secondary N) is 1. The van der Waals surface area contributed by atoms with E-state index in [1.54, 1.807) is 6.20 Å². The maximum Gasteiger partial charge on any atom is 0.416 e. The molecule has 2 aromatic rings. The van der Waals surface area contributed by atoms with Crippen LogP contribution in [0.3, 0.4) is 0 Å². The molecule has 0 aliphatic rings. The lowest BCUT2D eigenvalue weighted by atomic mass is 10.1. The number of hydrogen-bond donors (Lipinski definition) is 1. The van der Waals surface area contributed by atoms with Crippen LogP contribution in [-0.2, 0) is 19.1 Å². The van der Waals surface area contributed by atoms with E-state index in [1.807, 2.05) is 37.2 Å². The summed E-state index contributed by atoms with van der Waals surface area (Å²) >= 11 is 0. The van der Waals surface area contributed by atoms with Crippen molar-refractivity contribution < 1.29 is 13.2 Å². The molecule has 1 N–H and O–H groups in total. The van der Waals surface area contributed by atoms with Gasteiger partial charge < -0.3 is 10.2 Å². The first kappa shape index (κ1) is 23.2. The van der Waals surface area contributed by atoms with Crippen molar-refractivity contribution in [3.63, 3.8) is 0 Å². The Balaban J connectivity index is 0.00000364. The highest BCUT2D eigenvalue weighted by Gasteiger charge is 2.29. The summed E-state index contributed by atoms with van der Waals surface area (Å²) in [7, 11) is 1.86. The molecule has 4 nitrogen and oxygen atoms in total. The molecule has 8 heteroatoms. The standard InChI is InChI=1S/C19H23F3N4.HI/c1-3-24-18(25-12-10-15-5-4-11-23-13-15)26(2)14-16-6-8-17(9-7-16)19(20,21)22;/h4-9,11,13H,3,10,12,14H2,1-2H3,(H,24,25);1H. The van der Waals surface area contributed by atoms with Crippen LogP contribution in [0.1, 0.15) is 23.6 Å². The van der Waals surface area contributed by atoms with Gasteiger partial charge >= 0.3 is 6.18 Å². The third-order valence-electron chi connectivity index (χ3n) is 3.78. The van der Waals surface area contributed by atoms with Crippen molar-refractivity contribution in [3.05, 3.63) is 65.5 Å². The zero-order valence-electron chi connectivity index (χ0n) is 15.3. The summed E-state index contributed by atoms with van der Waals surface area (Å²) in [5.41, 5.74) is 1.26. The molecule has 1 heterocycles. The summed E-state index contributed by atoms with van der Waals surface area (Å²) in [4.78, 5) is 10.6. The lowest BCUT2D eigenvalue weighted by molar-refractivity contribution is -0.137. The number of alkyl halides is 3. The normalized spacial score (nSPS) is 11.7. The molecule has 1 aromatic heterocycles. The minimum absolute atomic E-state index is 0. The molecular formula is C19H24F3IN4. The molecule has 1 aromatic carbocycles. The third kappa shape index (κ3) is 7.74. The molecule has 0 unspecified atom stereocenters. The molecule has 27 heavy (non-hydrogen) atoms. The number of aliphatic imine (C=N–C) groups is 1. The number of hydrogen-bond acceptors (Lipinski definition) is 2. The molecule has 0 saturated heterocycles. The van der Waals surface area contributed by atoms with Gasteiger partial charge in [0.15, 0.2) is 5.96 Å². The summed E-state index contributed by atoms with van der Waals surface area (Å²) < 4.78 is 37.9. The van der Waals surface area contributed by atoms with Gasteiger partial charge in [-0.05, 0) is 42.7 Å². The maximum atomic E-state index is 12.6. The van der Waals surface area contributed by atoms with Crippen molar-refractivity contribution in [2.45, 2.75) is 26.1 Å². The predicted octanol–water partition coefficient (Wildman–Crippen LogP) is 4.36. The lowest BCUT2D eigenvalue weighted by Crippen LogP contribution is -2.38. The zero-order valence-corrected chi connectivity index (χ0v) is 17.7. The molecule has 0 saturated carbocycles. The van der Waals surface area contributed by atoms with Gasteiger partial charge in [0.1, 0.15) is 0 Å². The molecule has 0 aliphatic carbocycles. The van der Waals surface area contributed by atoms with E-state index in [0.29, 0.717) is 19.6 Å². The predicted molar refractivity (Wildman–Crippen MR) is 112 cm³/mol. The van der Waals surface area contributed by atoms with E-state index < -0.39 is 11.7 Å². The summed E-state index contributed by atoms with van der Waals surface area (Å²) in [6.07, 6.45) is 0.00694. The number of rotatable bonds is 6. The Kier molecular flexibility index (Phi) is 9.54. The van der Waals surface area contributed by atoms with E-state index in [4.69, 9.17) is 0 Å². The summed E-state index contributed by atoms with van der Waals surface area (Å²) in [6.45, 7) is 3.76. The summed E-state index contributed by atoms with van der Waals surface area (Å²) in [5.74, 6) is 0.719. The van der Waals surface area contributed by atoms with Crippen LogP contribution in [0.25, 0.3) is 0 Å². The molecule has 0 aliphatic heterocycles. The summed E-state index contributed by atoms with van der Waals surface area (Å²) in [6, 6.07) is 9.10. The second-order valence-electron chi connectivity index (χ2n) is 5.90. The second-order valence-corrected chi connectivity index (χ2v) is 5.90. The average molecular weight is 492 g/mol. The molecular weight excluding hydrogens is 468 g/mol. The number of benzene rings is 1. The molecule has 0 radical (unpaired) electrons. The number of aromatic nitrogens is 1. The molecule has 0 fully saturated rings. The molecule has 0 atom stereocenters. The fourth-order valence-electron chi connectivity index (χ4n) is 2.45. The highest BCUT2D eigenvalue weighted by Crippen LogP contribution is 2.29. The van der Waals surface area contributed by atoms with Gasteiger partial charge in [0.2, 0.25) is 0 Å². The number of nitrogens with zero attached hydrogens (tertiary/aromatic N) is 3. The average Bonchev–Trinajstić information content (AvgIpc) is 2.61. The van der Waals surface area contributed by atoms with Crippen molar-refractivity contribution in [2.75, 3.05) is 20.1 Å². The maximum absolute atomic E-state index is 12.6. The summed E-state index contributed by atoms with van der Waals surface area (Å²) in [5, 5.41) is 3.20. The fourth-order valence-corrected chi connectivity index (χ4v) is 2.45. The smallest absolute Gasteiger partial charge is 0.357 e. The van der Waals surface area contributed by atoms with Crippen LogP contribution in [-0.4, -0.2) is 36.0 Å². The zero-order chi connectivity index (χ0) is 19.0.